The SMILES string of the molecule is CN(CCc1ccccc1)c1ccc2c(c1)C(Nc1cccc(Cl)c1)CC2. The number of nitrogens with zero attached hydrogens (tertiary/aromatic N) is 1. The van der Waals surface area contributed by atoms with E-state index in [9.17, 15) is 0 Å². The summed E-state index contributed by atoms with van der Waals surface area (Å²) in [5, 5.41) is 4.43. The summed E-state index contributed by atoms with van der Waals surface area (Å²) in [5.74, 6) is 0. The average molecular weight is 377 g/mol. The Labute approximate surface area is 166 Å². The van der Waals surface area contributed by atoms with Crippen LogP contribution in [0.2, 0.25) is 5.02 Å². The number of halogens is 1. The average Bonchev–Trinajstić information content (AvgIpc) is 3.09. The number of fused-ring (bicyclic) bond motifs is 1. The zero-order valence-corrected chi connectivity index (χ0v) is 16.4. The molecule has 0 radical (unpaired) electrons. The van der Waals surface area contributed by atoms with E-state index >= 15 is 0 Å². The van der Waals surface area contributed by atoms with Gasteiger partial charge in [0.15, 0.2) is 0 Å². The minimum Gasteiger partial charge on any atom is -0.378 e. The van der Waals surface area contributed by atoms with Crippen molar-refractivity contribution in [2.24, 2.45) is 0 Å². The third-order valence-electron chi connectivity index (χ3n) is 5.39. The summed E-state index contributed by atoms with van der Waals surface area (Å²) < 4.78 is 0. The number of anilines is 2. The highest BCUT2D eigenvalue weighted by atomic mass is 35.5. The standard InChI is InChI=1S/C24H25ClN2/c1-27(15-14-18-6-3-2-4-7-18)22-12-10-19-11-13-24(23(19)17-22)26-21-9-5-8-20(25)16-21/h2-10,12,16-17,24,26H,11,13-15H2,1H3. The Morgan fingerprint density at radius 2 is 1.85 bits per heavy atom. The Bertz CT molecular complexity index is 907. The fraction of sp³-hybridized carbons (Fsp3) is 0.250. The number of hydrogen-bond donors (Lipinski definition) is 1. The second-order valence-electron chi connectivity index (χ2n) is 7.29. The summed E-state index contributed by atoms with van der Waals surface area (Å²) in [6.45, 7) is 1.01. The predicted octanol–water partition coefficient (Wildman–Crippen LogP) is 6.12. The Hall–Kier alpha value is -2.45. The summed E-state index contributed by atoms with van der Waals surface area (Å²) >= 11 is 6.14. The molecule has 3 heteroatoms. The molecule has 1 aliphatic rings. The largest absolute Gasteiger partial charge is 0.378 e. The molecule has 0 aliphatic heterocycles. The van der Waals surface area contributed by atoms with E-state index in [4.69, 9.17) is 11.6 Å². The second-order valence-corrected chi connectivity index (χ2v) is 7.72. The van der Waals surface area contributed by atoms with Crippen molar-refractivity contribution in [3.05, 3.63) is 94.5 Å². The fourth-order valence-corrected chi connectivity index (χ4v) is 4.02. The molecule has 0 heterocycles. The molecule has 0 aromatic heterocycles. The van der Waals surface area contributed by atoms with Gasteiger partial charge in [-0.05, 0) is 66.3 Å². The van der Waals surface area contributed by atoms with Gasteiger partial charge in [0.25, 0.3) is 0 Å². The summed E-state index contributed by atoms with van der Waals surface area (Å²) in [5.41, 5.74) is 6.62. The third-order valence-corrected chi connectivity index (χ3v) is 5.63. The van der Waals surface area contributed by atoms with Gasteiger partial charge in [-0.3, -0.25) is 0 Å². The molecule has 0 amide bonds. The first kappa shape index (κ1) is 17.9. The van der Waals surface area contributed by atoms with E-state index < -0.39 is 0 Å². The van der Waals surface area contributed by atoms with Crippen molar-refractivity contribution in [2.75, 3.05) is 23.8 Å². The van der Waals surface area contributed by atoms with Crippen molar-refractivity contribution in [2.45, 2.75) is 25.3 Å². The zero-order chi connectivity index (χ0) is 18.6. The maximum atomic E-state index is 6.14. The van der Waals surface area contributed by atoms with Crippen LogP contribution in [0.4, 0.5) is 11.4 Å². The van der Waals surface area contributed by atoms with Crippen LogP contribution in [0, 0.1) is 0 Å². The molecule has 3 aromatic carbocycles. The van der Waals surface area contributed by atoms with Crippen molar-refractivity contribution >= 4 is 23.0 Å². The van der Waals surface area contributed by atoms with Gasteiger partial charge in [-0.2, -0.15) is 0 Å². The molecule has 3 aromatic rings. The number of hydrogen-bond acceptors (Lipinski definition) is 2. The molecule has 1 N–H and O–H groups in total. The third kappa shape index (κ3) is 4.28. The van der Waals surface area contributed by atoms with Crippen LogP contribution >= 0.6 is 11.6 Å². The maximum absolute atomic E-state index is 6.14. The molecule has 1 atom stereocenters. The van der Waals surface area contributed by atoms with Crippen molar-refractivity contribution in [1.29, 1.82) is 0 Å². The minimum atomic E-state index is 0.348. The topological polar surface area (TPSA) is 15.3 Å². The first-order valence-electron chi connectivity index (χ1n) is 9.59. The van der Waals surface area contributed by atoms with Crippen LogP contribution < -0.4 is 10.2 Å². The Morgan fingerprint density at radius 3 is 2.67 bits per heavy atom. The molecule has 138 valence electrons. The molecule has 1 aliphatic carbocycles. The van der Waals surface area contributed by atoms with Crippen LogP contribution in [0.3, 0.4) is 0 Å². The van der Waals surface area contributed by atoms with E-state index in [0.717, 1.165) is 36.5 Å². The lowest BCUT2D eigenvalue weighted by molar-refractivity contribution is 0.761. The highest BCUT2D eigenvalue weighted by Crippen LogP contribution is 2.36. The lowest BCUT2D eigenvalue weighted by Crippen LogP contribution is -2.20. The Morgan fingerprint density at radius 1 is 1.00 bits per heavy atom. The highest BCUT2D eigenvalue weighted by molar-refractivity contribution is 6.30. The summed E-state index contributed by atoms with van der Waals surface area (Å²) in [6.07, 6.45) is 3.30. The van der Waals surface area contributed by atoms with Crippen molar-refractivity contribution in [3.63, 3.8) is 0 Å². The second kappa shape index (κ2) is 8.06. The zero-order valence-electron chi connectivity index (χ0n) is 15.7. The number of rotatable bonds is 6. The number of nitrogens with one attached hydrogen (secondary N) is 1. The number of aryl methyl sites for hydroxylation is 1. The van der Waals surface area contributed by atoms with Crippen molar-refractivity contribution in [1.82, 2.24) is 0 Å². The van der Waals surface area contributed by atoms with E-state index in [2.05, 4.69) is 71.9 Å². The predicted molar refractivity (Wildman–Crippen MR) is 116 cm³/mol. The summed E-state index contributed by atoms with van der Waals surface area (Å²) in [4.78, 5) is 2.35. The molecule has 0 spiro atoms. The van der Waals surface area contributed by atoms with Crippen molar-refractivity contribution < 1.29 is 0 Å². The van der Waals surface area contributed by atoms with E-state index in [1.54, 1.807) is 0 Å². The molecule has 27 heavy (non-hydrogen) atoms. The molecular formula is C24H25ClN2. The first-order valence-corrected chi connectivity index (χ1v) is 9.97. The Balaban J connectivity index is 1.47. The molecule has 0 saturated carbocycles. The van der Waals surface area contributed by atoms with E-state index in [0.29, 0.717) is 6.04 Å². The lowest BCUT2D eigenvalue weighted by Gasteiger charge is -2.22. The van der Waals surface area contributed by atoms with Gasteiger partial charge in [0, 0.05) is 30.0 Å². The maximum Gasteiger partial charge on any atom is 0.0520 e. The van der Waals surface area contributed by atoms with Gasteiger partial charge in [-0.1, -0.05) is 54.1 Å². The molecule has 0 saturated heterocycles. The van der Waals surface area contributed by atoms with Gasteiger partial charge < -0.3 is 10.2 Å². The molecule has 2 nitrogen and oxygen atoms in total. The van der Waals surface area contributed by atoms with Gasteiger partial charge >= 0.3 is 0 Å². The van der Waals surface area contributed by atoms with Gasteiger partial charge in [0.2, 0.25) is 0 Å². The van der Waals surface area contributed by atoms with Crippen LogP contribution in [0.5, 0.6) is 0 Å². The van der Waals surface area contributed by atoms with Crippen molar-refractivity contribution in [3.8, 4) is 0 Å². The molecule has 1 unspecified atom stereocenters. The number of benzene rings is 3. The van der Waals surface area contributed by atoms with E-state index in [1.165, 1.54) is 22.4 Å². The smallest absolute Gasteiger partial charge is 0.0520 e. The first-order chi connectivity index (χ1) is 13.2. The molecular weight excluding hydrogens is 352 g/mol. The monoisotopic (exact) mass is 376 g/mol. The highest BCUT2D eigenvalue weighted by Gasteiger charge is 2.23. The van der Waals surface area contributed by atoms with Gasteiger partial charge in [0.1, 0.15) is 0 Å². The Kier molecular flexibility index (Phi) is 5.35. The molecule has 4 rings (SSSR count). The normalized spacial score (nSPS) is 15.4. The van der Waals surface area contributed by atoms with Crippen LogP contribution in [0.1, 0.15) is 29.2 Å². The van der Waals surface area contributed by atoms with Crippen LogP contribution in [-0.4, -0.2) is 13.6 Å². The van der Waals surface area contributed by atoms with Gasteiger partial charge in [0.05, 0.1) is 6.04 Å². The van der Waals surface area contributed by atoms with Crippen LogP contribution in [0.15, 0.2) is 72.8 Å². The summed E-state index contributed by atoms with van der Waals surface area (Å²) in [7, 11) is 2.18. The van der Waals surface area contributed by atoms with Crippen LogP contribution in [0.25, 0.3) is 0 Å². The van der Waals surface area contributed by atoms with Gasteiger partial charge in [-0.25, -0.2) is 0 Å². The molecule has 0 fully saturated rings. The summed E-state index contributed by atoms with van der Waals surface area (Å²) in [6, 6.07) is 25.9. The fourth-order valence-electron chi connectivity index (χ4n) is 3.83. The molecule has 0 bridgehead atoms. The van der Waals surface area contributed by atoms with E-state index in [1.807, 2.05) is 18.2 Å². The van der Waals surface area contributed by atoms with Gasteiger partial charge in [-0.15, -0.1) is 0 Å². The quantitative estimate of drug-likeness (QED) is 0.557. The van der Waals surface area contributed by atoms with Crippen LogP contribution in [-0.2, 0) is 12.8 Å². The van der Waals surface area contributed by atoms with E-state index in [-0.39, 0.29) is 0 Å². The lowest BCUT2D eigenvalue weighted by atomic mass is 10.1. The number of likely N-dealkylation sites (N-methyl/N-ethyl adjacent to an activating group) is 1. The minimum absolute atomic E-state index is 0.348.